The lowest BCUT2D eigenvalue weighted by Gasteiger charge is -2.14. The van der Waals surface area contributed by atoms with Gasteiger partial charge in [-0.05, 0) is 30.1 Å². The minimum atomic E-state index is -0.937. The first-order chi connectivity index (χ1) is 9.04. The number of nitrogens with one attached hydrogen (secondary N) is 1. The Hall–Kier alpha value is -1.53. The molecule has 0 spiro atoms. The highest BCUT2D eigenvalue weighted by Gasteiger charge is 2.15. The zero-order valence-corrected chi connectivity index (χ0v) is 11.6. The first-order valence-electron chi connectivity index (χ1n) is 5.89. The Bertz CT molecular complexity index is 451. The van der Waals surface area contributed by atoms with E-state index in [0.717, 1.165) is 5.75 Å². The van der Waals surface area contributed by atoms with Crippen molar-refractivity contribution in [2.45, 2.75) is 18.9 Å². The average Bonchev–Trinajstić information content (AvgIpc) is 2.37. The van der Waals surface area contributed by atoms with E-state index in [0.29, 0.717) is 17.7 Å². The Morgan fingerprint density at radius 1 is 1.42 bits per heavy atom. The number of thioether (sulfide) groups is 1. The van der Waals surface area contributed by atoms with Gasteiger partial charge in [-0.15, -0.1) is 0 Å². The van der Waals surface area contributed by atoms with Crippen LogP contribution < -0.4 is 11.1 Å². The standard InChI is InChI=1S/C13H18N2O3S/c1-19-7-6-10(14)13(18)15-11-5-3-2-4-9(11)8-12(16)17/h2-5,10H,6-8,14H2,1H3,(H,15,18)(H,16,17)/t10-/m1/s1. The van der Waals surface area contributed by atoms with Crippen LogP contribution in [-0.2, 0) is 16.0 Å². The van der Waals surface area contributed by atoms with E-state index in [1.807, 2.05) is 6.26 Å². The largest absolute Gasteiger partial charge is 0.481 e. The van der Waals surface area contributed by atoms with E-state index in [1.165, 1.54) is 0 Å². The lowest BCUT2D eigenvalue weighted by Crippen LogP contribution is -2.36. The van der Waals surface area contributed by atoms with Crippen LogP contribution in [0.1, 0.15) is 12.0 Å². The number of hydrogen-bond donors (Lipinski definition) is 3. The van der Waals surface area contributed by atoms with Crippen LogP contribution in [-0.4, -0.2) is 35.0 Å². The van der Waals surface area contributed by atoms with Gasteiger partial charge in [-0.1, -0.05) is 18.2 Å². The maximum Gasteiger partial charge on any atom is 0.307 e. The fourth-order valence-electron chi connectivity index (χ4n) is 1.56. The molecule has 0 unspecified atom stereocenters. The monoisotopic (exact) mass is 282 g/mol. The topological polar surface area (TPSA) is 92.4 Å². The number of hydrogen-bond acceptors (Lipinski definition) is 4. The summed E-state index contributed by atoms with van der Waals surface area (Å²) in [5.74, 6) is -0.411. The first-order valence-corrected chi connectivity index (χ1v) is 7.29. The maximum absolute atomic E-state index is 11.9. The second-order valence-electron chi connectivity index (χ2n) is 4.10. The Labute approximate surface area is 116 Å². The molecule has 0 bridgehead atoms. The number of nitrogens with two attached hydrogens (primary N) is 1. The van der Waals surface area contributed by atoms with Gasteiger partial charge in [0.1, 0.15) is 0 Å². The molecule has 0 saturated heterocycles. The number of carboxylic acid groups (broad SMARTS) is 1. The molecule has 19 heavy (non-hydrogen) atoms. The van der Waals surface area contributed by atoms with Crippen LogP contribution in [0.2, 0.25) is 0 Å². The van der Waals surface area contributed by atoms with Gasteiger partial charge in [-0.2, -0.15) is 11.8 Å². The Balaban J connectivity index is 2.70. The number of para-hydroxylation sites is 1. The molecule has 0 aliphatic carbocycles. The number of carbonyl (C=O) groups excluding carboxylic acids is 1. The van der Waals surface area contributed by atoms with Gasteiger partial charge in [0.05, 0.1) is 12.5 Å². The van der Waals surface area contributed by atoms with Gasteiger partial charge in [-0.3, -0.25) is 9.59 Å². The molecule has 0 aliphatic rings. The van der Waals surface area contributed by atoms with E-state index in [1.54, 1.807) is 36.0 Å². The first kappa shape index (κ1) is 15.5. The van der Waals surface area contributed by atoms with Crippen molar-refractivity contribution >= 4 is 29.3 Å². The summed E-state index contributed by atoms with van der Waals surface area (Å²) in [5, 5.41) is 11.5. The van der Waals surface area contributed by atoms with E-state index >= 15 is 0 Å². The molecule has 0 aliphatic heterocycles. The van der Waals surface area contributed by atoms with Gasteiger partial charge in [-0.25, -0.2) is 0 Å². The summed E-state index contributed by atoms with van der Waals surface area (Å²) in [6.45, 7) is 0. The van der Waals surface area contributed by atoms with Crippen molar-refractivity contribution in [3.63, 3.8) is 0 Å². The molecular weight excluding hydrogens is 264 g/mol. The van der Waals surface area contributed by atoms with Crippen LogP contribution in [0.15, 0.2) is 24.3 Å². The Morgan fingerprint density at radius 3 is 2.74 bits per heavy atom. The van der Waals surface area contributed by atoms with Gasteiger partial charge in [0, 0.05) is 5.69 Å². The highest BCUT2D eigenvalue weighted by Crippen LogP contribution is 2.16. The second kappa shape index (κ2) is 7.81. The number of anilines is 1. The average molecular weight is 282 g/mol. The van der Waals surface area contributed by atoms with E-state index in [-0.39, 0.29) is 12.3 Å². The van der Waals surface area contributed by atoms with E-state index in [4.69, 9.17) is 10.8 Å². The normalized spacial score (nSPS) is 11.9. The molecule has 1 aromatic rings. The molecule has 0 radical (unpaired) electrons. The summed E-state index contributed by atoms with van der Waals surface area (Å²) in [5.41, 5.74) is 6.84. The summed E-state index contributed by atoms with van der Waals surface area (Å²) in [7, 11) is 0. The van der Waals surface area contributed by atoms with Gasteiger partial charge in [0.15, 0.2) is 0 Å². The van der Waals surface area contributed by atoms with Crippen LogP contribution >= 0.6 is 11.8 Å². The van der Waals surface area contributed by atoms with E-state index < -0.39 is 12.0 Å². The quantitative estimate of drug-likeness (QED) is 0.701. The predicted molar refractivity (Wildman–Crippen MR) is 77.4 cm³/mol. The fraction of sp³-hybridized carbons (Fsp3) is 0.385. The molecule has 1 aromatic carbocycles. The lowest BCUT2D eigenvalue weighted by molar-refractivity contribution is -0.136. The third kappa shape index (κ3) is 5.32. The smallest absolute Gasteiger partial charge is 0.307 e. The van der Waals surface area contributed by atoms with Crippen LogP contribution in [0.5, 0.6) is 0 Å². The van der Waals surface area contributed by atoms with Crippen molar-refractivity contribution in [2.75, 3.05) is 17.3 Å². The minimum absolute atomic E-state index is 0.128. The summed E-state index contributed by atoms with van der Waals surface area (Å²) in [6, 6.07) is 6.26. The number of aliphatic carboxylic acids is 1. The molecular formula is C13H18N2O3S. The summed E-state index contributed by atoms with van der Waals surface area (Å²) in [4.78, 5) is 22.6. The summed E-state index contributed by atoms with van der Waals surface area (Å²) in [6.07, 6.45) is 2.41. The zero-order chi connectivity index (χ0) is 14.3. The molecule has 0 fully saturated rings. The highest BCUT2D eigenvalue weighted by atomic mass is 32.2. The molecule has 0 aromatic heterocycles. The van der Waals surface area contributed by atoms with Crippen LogP contribution in [0.4, 0.5) is 5.69 Å². The van der Waals surface area contributed by atoms with Gasteiger partial charge in [0.2, 0.25) is 5.91 Å². The molecule has 6 heteroatoms. The molecule has 0 heterocycles. The van der Waals surface area contributed by atoms with Crippen LogP contribution in [0.25, 0.3) is 0 Å². The van der Waals surface area contributed by atoms with Crippen molar-refractivity contribution in [1.29, 1.82) is 0 Å². The molecule has 0 saturated carbocycles. The van der Waals surface area contributed by atoms with Crippen molar-refractivity contribution in [1.82, 2.24) is 0 Å². The van der Waals surface area contributed by atoms with Gasteiger partial charge >= 0.3 is 5.97 Å². The Kier molecular flexibility index (Phi) is 6.38. The van der Waals surface area contributed by atoms with Crippen molar-refractivity contribution < 1.29 is 14.7 Å². The number of carboxylic acids is 1. The molecule has 104 valence electrons. The maximum atomic E-state index is 11.9. The Morgan fingerprint density at radius 2 is 2.11 bits per heavy atom. The van der Waals surface area contributed by atoms with Gasteiger partial charge in [0.25, 0.3) is 0 Å². The molecule has 5 nitrogen and oxygen atoms in total. The number of amides is 1. The summed E-state index contributed by atoms with van der Waals surface area (Å²) < 4.78 is 0. The van der Waals surface area contributed by atoms with Crippen molar-refractivity contribution in [3.05, 3.63) is 29.8 Å². The molecule has 1 atom stereocenters. The third-order valence-corrected chi connectivity index (χ3v) is 3.23. The third-order valence-electron chi connectivity index (χ3n) is 2.59. The fourth-order valence-corrected chi connectivity index (χ4v) is 2.05. The second-order valence-corrected chi connectivity index (χ2v) is 5.09. The number of rotatable bonds is 7. The predicted octanol–water partition coefficient (Wildman–Crippen LogP) is 1.33. The zero-order valence-electron chi connectivity index (χ0n) is 10.8. The number of benzene rings is 1. The molecule has 1 amide bonds. The van der Waals surface area contributed by atoms with E-state index in [2.05, 4.69) is 5.32 Å². The number of carbonyl (C=O) groups is 2. The summed E-state index contributed by atoms with van der Waals surface area (Å²) >= 11 is 1.63. The van der Waals surface area contributed by atoms with Crippen molar-refractivity contribution in [2.24, 2.45) is 5.73 Å². The van der Waals surface area contributed by atoms with E-state index in [9.17, 15) is 9.59 Å². The van der Waals surface area contributed by atoms with Crippen molar-refractivity contribution in [3.8, 4) is 0 Å². The molecule has 1 rings (SSSR count). The van der Waals surface area contributed by atoms with Crippen LogP contribution in [0, 0.1) is 0 Å². The molecule has 4 N–H and O–H groups in total. The highest BCUT2D eigenvalue weighted by molar-refractivity contribution is 7.98. The lowest BCUT2D eigenvalue weighted by atomic mass is 10.1. The SMILES string of the molecule is CSCC[C@@H](N)C(=O)Nc1ccccc1CC(=O)O. The van der Waals surface area contributed by atoms with Crippen LogP contribution in [0.3, 0.4) is 0 Å². The van der Waals surface area contributed by atoms with Gasteiger partial charge < -0.3 is 16.2 Å². The minimum Gasteiger partial charge on any atom is -0.481 e.